The molecule has 1 aliphatic carbocycles. The Kier molecular flexibility index (Phi) is 3.38. The maximum Gasteiger partial charge on any atom is 0.291 e. The fraction of sp³-hybridized carbons (Fsp3) is 0.556. The number of thiazole rings is 1. The van der Waals surface area contributed by atoms with E-state index in [4.69, 9.17) is 23.2 Å². The fourth-order valence-electron chi connectivity index (χ4n) is 1.30. The lowest BCUT2D eigenvalue weighted by Gasteiger charge is -2.03. The van der Waals surface area contributed by atoms with Crippen molar-refractivity contribution in [3.8, 4) is 0 Å². The first kappa shape index (κ1) is 14.0. The number of hydrogen-bond acceptors (Lipinski definition) is 5. The molecule has 18 heavy (non-hydrogen) atoms. The molecule has 1 N–H and O–H groups in total. The van der Waals surface area contributed by atoms with Crippen molar-refractivity contribution in [2.45, 2.75) is 28.9 Å². The van der Waals surface area contributed by atoms with Crippen molar-refractivity contribution < 1.29 is 13.2 Å². The number of carbonyl (C=O) groups excluding carboxylic acids is 1. The number of aryl methyl sites for hydroxylation is 2. The highest BCUT2D eigenvalue weighted by Gasteiger charge is 2.57. The number of alkyl halides is 2. The first-order valence-corrected chi connectivity index (χ1v) is 8.07. The van der Waals surface area contributed by atoms with Crippen molar-refractivity contribution in [3.05, 3.63) is 10.6 Å². The van der Waals surface area contributed by atoms with Crippen LogP contribution in [-0.2, 0) is 14.8 Å². The lowest BCUT2D eigenvalue weighted by Crippen LogP contribution is -2.32. The van der Waals surface area contributed by atoms with Crippen molar-refractivity contribution in [2.24, 2.45) is 5.92 Å². The molecule has 0 saturated heterocycles. The molecule has 1 fully saturated rings. The predicted molar refractivity (Wildman–Crippen MR) is 69.5 cm³/mol. The average molecular weight is 329 g/mol. The number of amides is 1. The number of halogens is 2. The van der Waals surface area contributed by atoms with Crippen LogP contribution in [0.1, 0.15) is 17.0 Å². The van der Waals surface area contributed by atoms with E-state index >= 15 is 0 Å². The van der Waals surface area contributed by atoms with Gasteiger partial charge in [-0.15, -0.1) is 34.5 Å². The maximum absolute atomic E-state index is 11.9. The van der Waals surface area contributed by atoms with E-state index in [0.29, 0.717) is 5.69 Å². The summed E-state index contributed by atoms with van der Waals surface area (Å²) in [6.45, 7) is 3.47. The van der Waals surface area contributed by atoms with Gasteiger partial charge in [-0.3, -0.25) is 4.79 Å². The van der Waals surface area contributed by atoms with E-state index in [0.717, 1.165) is 16.2 Å². The van der Waals surface area contributed by atoms with Gasteiger partial charge >= 0.3 is 0 Å². The molecule has 1 unspecified atom stereocenters. The van der Waals surface area contributed by atoms with Gasteiger partial charge in [-0.25, -0.2) is 9.71 Å². The third-order valence-electron chi connectivity index (χ3n) is 2.62. The van der Waals surface area contributed by atoms with Gasteiger partial charge in [0, 0.05) is 4.88 Å². The Balaban J connectivity index is 2.16. The van der Waals surface area contributed by atoms with Crippen LogP contribution in [-0.4, -0.2) is 23.6 Å². The molecule has 0 spiro atoms. The normalized spacial score (nSPS) is 21.7. The minimum absolute atomic E-state index is 0.124. The summed E-state index contributed by atoms with van der Waals surface area (Å²) < 4.78 is 24.4. The van der Waals surface area contributed by atoms with E-state index in [2.05, 4.69) is 4.98 Å². The van der Waals surface area contributed by atoms with Crippen molar-refractivity contribution >= 4 is 50.5 Å². The molecule has 0 aliphatic heterocycles. The first-order valence-electron chi connectivity index (χ1n) is 5.02. The van der Waals surface area contributed by atoms with E-state index < -0.39 is 26.2 Å². The van der Waals surface area contributed by atoms with E-state index in [-0.39, 0.29) is 10.8 Å². The summed E-state index contributed by atoms with van der Waals surface area (Å²) in [5, 5.41) is 0. The Bertz CT molecular complexity index is 590. The van der Waals surface area contributed by atoms with Gasteiger partial charge in [0.2, 0.25) is 10.2 Å². The molecule has 1 saturated carbocycles. The van der Waals surface area contributed by atoms with Crippen LogP contribution in [0.15, 0.2) is 4.34 Å². The number of carbonyl (C=O) groups is 1. The zero-order valence-electron chi connectivity index (χ0n) is 9.53. The molecule has 1 aromatic rings. The topological polar surface area (TPSA) is 76.1 Å². The van der Waals surface area contributed by atoms with Gasteiger partial charge in [0.15, 0.2) is 0 Å². The van der Waals surface area contributed by atoms with Gasteiger partial charge in [0.1, 0.15) is 4.33 Å². The molecule has 100 valence electrons. The van der Waals surface area contributed by atoms with Crippen LogP contribution in [0.3, 0.4) is 0 Å². The molecule has 1 aromatic heterocycles. The minimum atomic E-state index is -3.93. The van der Waals surface area contributed by atoms with Crippen LogP contribution in [0.5, 0.6) is 0 Å². The third-order valence-corrected chi connectivity index (χ3v) is 6.25. The van der Waals surface area contributed by atoms with Crippen LogP contribution in [0.4, 0.5) is 0 Å². The van der Waals surface area contributed by atoms with Gasteiger partial charge in [0.05, 0.1) is 11.6 Å². The molecule has 0 radical (unpaired) electrons. The number of nitrogens with one attached hydrogen (secondary N) is 1. The van der Waals surface area contributed by atoms with Gasteiger partial charge in [0.25, 0.3) is 10.0 Å². The van der Waals surface area contributed by atoms with Crippen LogP contribution in [0.25, 0.3) is 0 Å². The third kappa shape index (κ3) is 2.64. The molecule has 0 bridgehead atoms. The second-order valence-corrected chi connectivity index (χ2v) is 8.71. The molecule has 2 rings (SSSR count). The number of sulfonamides is 1. The van der Waals surface area contributed by atoms with Crippen molar-refractivity contribution in [3.63, 3.8) is 0 Å². The van der Waals surface area contributed by atoms with Crippen LogP contribution < -0.4 is 4.72 Å². The van der Waals surface area contributed by atoms with Gasteiger partial charge in [-0.1, -0.05) is 0 Å². The van der Waals surface area contributed by atoms with Gasteiger partial charge in [-0.2, -0.15) is 8.42 Å². The summed E-state index contributed by atoms with van der Waals surface area (Å²) in [6.07, 6.45) is 0.257. The average Bonchev–Trinajstić information content (AvgIpc) is 2.72. The zero-order valence-corrected chi connectivity index (χ0v) is 12.7. The van der Waals surface area contributed by atoms with E-state index in [9.17, 15) is 13.2 Å². The molecular weight excluding hydrogens is 319 g/mol. The monoisotopic (exact) mass is 328 g/mol. The second kappa shape index (κ2) is 4.33. The summed E-state index contributed by atoms with van der Waals surface area (Å²) >= 11 is 12.4. The van der Waals surface area contributed by atoms with Crippen molar-refractivity contribution in [1.29, 1.82) is 0 Å². The number of rotatable bonds is 3. The number of nitrogens with zero attached hydrogens (tertiary/aromatic N) is 1. The summed E-state index contributed by atoms with van der Waals surface area (Å²) in [6, 6.07) is 0. The molecule has 1 atom stereocenters. The van der Waals surface area contributed by atoms with Crippen molar-refractivity contribution in [2.75, 3.05) is 0 Å². The number of hydrogen-bond donors (Lipinski definition) is 1. The summed E-state index contributed by atoms with van der Waals surface area (Å²) in [7, 11) is -3.93. The fourth-order valence-corrected chi connectivity index (χ4v) is 4.14. The Morgan fingerprint density at radius 2 is 2.06 bits per heavy atom. The maximum atomic E-state index is 11.9. The second-order valence-electron chi connectivity index (χ2n) is 4.11. The molecule has 0 aromatic carbocycles. The highest BCUT2D eigenvalue weighted by Crippen LogP contribution is 2.53. The standard InChI is InChI=1S/C9H10Cl2N2O3S2/c1-4-5(2)17-8(12-4)18(15,16)13-7(14)6-3-9(6,10)11/h6H,3H2,1-2H3,(H,13,14). The Hall–Kier alpha value is -0.370. The molecule has 9 heteroatoms. The van der Waals surface area contributed by atoms with Gasteiger partial charge < -0.3 is 0 Å². The van der Waals surface area contributed by atoms with E-state index in [1.807, 2.05) is 4.72 Å². The van der Waals surface area contributed by atoms with E-state index in [1.165, 1.54) is 0 Å². The SMILES string of the molecule is Cc1nc(S(=O)(=O)NC(=O)C2CC2(Cl)Cl)sc1C. The quantitative estimate of drug-likeness (QED) is 0.858. The Morgan fingerprint density at radius 3 is 2.44 bits per heavy atom. The largest absolute Gasteiger partial charge is 0.291 e. The first-order chi connectivity index (χ1) is 8.13. The Labute approximate surface area is 119 Å². The lowest BCUT2D eigenvalue weighted by molar-refractivity contribution is -0.120. The highest BCUT2D eigenvalue weighted by atomic mass is 35.5. The number of aromatic nitrogens is 1. The Morgan fingerprint density at radius 1 is 1.50 bits per heavy atom. The van der Waals surface area contributed by atoms with E-state index in [1.54, 1.807) is 13.8 Å². The lowest BCUT2D eigenvalue weighted by atomic mass is 10.4. The van der Waals surface area contributed by atoms with Gasteiger partial charge in [-0.05, 0) is 20.3 Å². The van der Waals surface area contributed by atoms with Crippen molar-refractivity contribution in [1.82, 2.24) is 9.71 Å². The van der Waals surface area contributed by atoms with Crippen LogP contribution in [0, 0.1) is 19.8 Å². The highest BCUT2D eigenvalue weighted by molar-refractivity contribution is 7.92. The zero-order chi connectivity index (χ0) is 13.7. The smallest absolute Gasteiger partial charge is 0.274 e. The molecule has 5 nitrogen and oxygen atoms in total. The molecule has 1 heterocycles. The van der Waals surface area contributed by atoms with Crippen LogP contribution in [0.2, 0.25) is 0 Å². The molecule has 1 aliphatic rings. The molecule has 1 amide bonds. The van der Waals surface area contributed by atoms with Crippen LogP contribution >= 0.6 is 34.5 Å². The minimum Gasteiger partial charge on any atom is -0.274 e. The molecular formula is C9H10Cl2N2O3S2. The summed E-state index contributed by atoms with van der Waals surface area (Å²) in [4.78, 5) is 16.3. The predicted octanol–water partition coefficient (Wildman–Crippen LogP) is 1.76. The summed E-state index contributed by atoms with van der Waals surface area (Å²) in [5.41, 5.74) is 0.628. The summed E-state index contributed by atoms with van der Waals surface area (Å²) in [5.74, 6) is -1.37.